The van der Waals surface area contributed by atoms with Gasteiger partial charge in [0, 0.05) is 24.7 Å². The number of nitro benzene ring substituents is 1. The number of carbonyl (C=O) groups is 2. The van der Waals surface area contributed by atoms with Gasteiger partial charge in [-0.15, -0.1) is 0 Å². The molecule has 206 valence electrons. The molecule has 0 radical (unpaired) electrons. The molecule has 0 spiro atoms. The fourth-order valence-corrected chi connectivity index (χ4v) is 5.30. The maximum atomic E-state index is 13.8. The number of hydrogen-bond donors (Lipinski definition) is 1. The number of carbonyl (C=O) groups excluding carboxylic acids is 2. The second kappa shape index (κ2) is 12.5. The van der Waals surface area contributed by atoms with Gasteiger partial charge in [-0.3, -0.25) is 24.0 Å². The van der Waals surface area contributed by atoms with Crippen LogP contribution in [0.5, 0.6) is 0 Å². The van der Waals surface area contributed by atoms with Gasteiger partial charge in [0.25, 0.3) is 15.7 Å². The third kappa shape index (κ3) is 7.41. The zero-order valence-corrected chi connectivity index (χ0v) is 23.1. The van der Waals surface area contributed by atoms with Gasteiger partial charge in [0.1, 0.15) is 12.6 Å². The number of amides is 2. The van der Waals surface area contributed by atoms with Gasteiger partial charge in [0.15, 0.2) is 0 Å². The van der Waals surface area contributed by atoms with Crippen LogP contribution in [-0.2, 0) is 26.2 Å². The third-order valence-electron chi connectivity index (χ3n) is 6.03. The first kappa shape index (κ1) is 29.3. The molecule has 0 saturated carbocycles. The quantitative estimate of drug-likeness (QED) is 0.282. The van der Waals surface area contributed by atoms with Crippen LogP contribution in [0.4, 0.5) is 11.4 Å². The molecule has 3 aromatic carbocycles. The Bertz CT molecular complexity index is 1410. The molecule has 0 aromatic heterocycles. The molecule has 0 saturated heterocycles. The Hall–Kier alpha value is -4.25. The van der Waals surface area contributed by atoms with E-state index >= 15 is 0 Å². The lowest BCUT2D eigenvalue weighted by molar-refractivity contribution is -0.384. The lowest BCUT2D eigenvalue weighted by Gasteiger charge is -2.32. The summed E-state index contributed by atoms with van der Waals surface area (Å²) in [6.45, 7) is 6.58. The number of nitro groups is 1. The van der Waals surface area contributed by atoms with E-state index in [-0.39, 0.29) is 34.8 Å². The summed E-state index contributed by atoms with van der Waals surface area (Å²) in [4.78, 5) is 38.6. The molecular formula is C28H32N4O6S. The van der Waals surface area contributed by atoms with Crippen LogP contribution < -0.4 is 9.62 Å². The molecule has 0 unspecified atom stereocenters. The Morgan fingerprint density at radius 3 is 2.05 bits per heavy atom. The van der Waals surface area contributed by atoms with E-state index in [0.29, 0.717) is 0 Å². The zero-order chi connectivity index (χ0) is 28.7. The van der Waals surface area contributed by atoms with E-state index in [1.807, 2.05) is 31.2 Å². The summed E-state index contributed by atoms with van der Waals surface area (Å²) >= 11 is 0. The Morgan fingerprint density at radius 2 is 1.51 bits per heavy atom. The van der Waals surface area contributed by atoms with Gasteiger partial charge in [-0.25, -0.2) is 8.42 Å². The Labute approximate surface area is 228 Å². The minimum Gasteiger partial charge on any atom is -0.352 e. The normalized spacial score (nSPS) is 12.0. The lowest BCUT2D eigenvalue weighted by atomic mass is 10.1. The maximum absolute atomic E-state index is 13.8. The number of aryl methyl sites for hydroxylation is 1. The Balaban J connectivity index is 2.03. The fourth-order valence-electron chi connectivity index (χ4n) is 3.87. The van der Waals surface area contributed by atoms with E-state index in [2.05, 4.69) is 5.32 Å². The molecule has 1 N–H and O–H groups in total. The molecule has 3 aromatic rings. The van der Waals surface area contributed by atoms with Crippen LogP contribution in [0.25, 0.3) is 0 Å². The summed E-state index contributed by atoms with van der Waals surface area (Å²) in [5.41, 5.74) is 1.65. The second-order valence-electron chi connectivity index (χ2n) is 9.44. The summed E-state index contributed by atoms with van der Waals surface area (Å²) in [7, 11) is -4.24. The average Bonchev–Trinajstić information content (AvgIpc) is 2.91. The molecule has 11 heteroatoms. The largest absolute Gasteiger partial charge is 0.352 e. The number of nitrogens with zero attached hydrogens (tertiary/aromatic N) is 3. The van der Waals surface area contributed by atoms with Crippen LogP contribution in [-0.4, -0.2) is 48.7 Å². The maximum Gasteiger partial charge on any atom is 0.269 e. The summed E-state index contributed by atoms with van der Waals surface area (Å²) in [5, 5.41) is 14.0. The number of nitrogens with one attached hydrogen (secondary N) is 1. The summed E-state index contributed by atoms with van der Waals surface area (Å²) in [5.74, 6) is -0.988. The van der Waals surface area contributed by atoms with Gasteiger partial charge < -0.3 is 10.2 Å². The van der Waals surface area contributed by atoms with Crippen LogP contribution >= 0.6 is 0 Å². The first-order valence-corrected chi connectivity index (χ1v) is 13.8. The highest BCUT2D eigenvalue weighted by Gasteiger charge is 2.32. The number of sulfonamides is 1. The number of anilines is 1. The SMILES string of the molecule is Cc1ccc(CN(C(=O)CN(c2ccc([N+](=O)[O-])cc2)S(=O)(=O)c2ccccc2)[C@@H](C)C(=O)NC(C)C)cc1. The van der Waals surface area contributed by atoms with Crippen LogP contribution in [0.1, 0.15) is 31.9 Å². The Morgan fingerprint density at radius 1 is 0.923 bits per heavy atom. The molecule has 39 heavy (non-hydrogen) atoms. The minimum atomic E-state index is -4.24. The van der Waals surface area contributed by atoms with Crippen molar-refractivity contribution in [1.82, 2.24) is 10.2 Å². The number of non-ortho nitro benzene ring substituents is 1. The van der Waals surface area contributed by atoms with Crippen molar-refractivity contribution in [2.24, 2.45) is 0 Å². The highest BCUT2D eigenvalue weighted by molar-refractivity contribution is 7.92. The van der Waals surface area contributed by atoms with Crippen molar-refractivity contribution in [1.29, 1.82) is 0 Å². The standard InChI is InChI=1S/C28H32N4O6S/c1-20(2)29-28(34)22(4)30(18-23-12-10-21(3)11-13-23)27(33)19-31(24-14-16-25(17-15-24)32(35)36)39(37,38)26-8-6-5-7-9-26/h5-17,20,22H,18-19H2,1-4H3,(H,29,34)/t22-/m0/s1. The van der Waals surface area contributed by atoms with Crippen molar-refractivity contribution in [3.8, 4) is 0 Å². The van der Waals surface area contributed by atoms with Gasteiger partial charge >= 0.3 is 0 Å². The molecule has 2 amide bonds. The molecule has 0 heterocycles. The van der Waals surface area contributed by atoms with Crippen molar-refractivity contribution < 1.29 is 22.9 Å². The predicted molar refractivity (Wildman–Crippen MR) is 149 cm³/mol. The van der Waals surface area contributed by atoms with Crippen molar-refractivity contribution in [3.63, 3.8) is 0 Å². The average molecular weight is 553 g/mol. The van der Waals surface area contributed by atoms with Gasteiger partial charge in [0.05, 0.1) is 15.5 Å². The first-order chi connectivity index (χ1) is 18.4. The third-order valence-corrected chi connectivity index (χ3v) is 7.82. The van der Waals surface area contributed by atoms with Gasteiger partial charge in [-0.1, -0.05) is 48.0 Å². The van der Waals surface area contributed by atoms with Crippen molar-refractivity contribution in [2.45, 2.75) is 51.2 Å². The molecule has 0 aliphatic carbocycles. The molecule has 0 bridgehead atoms. The molecule has 0 fully saturated rings. The van der Waals surface area contributed by atoms with E-state index in [9.17, 15) is 28.1 Å². The summed E-state index contributed by atoms with van der Waals surface area (Å²) in [6.07, 6.45) is 0. The van der Waals surface area contributed by atoms with E-state index in [4.69, 9.17) is 0 Å². The van der Waals surface area contributed by atoms with Crippen molar-refractivity contribution >= 4 is 33.2 Å². The van der Waals surface area contributed by atoms with Crippen LogP contribution in [0.3, 0.4) is 0 Å². The molecule has 3 rings (SSSR count). The first-order valence-electron chi connectivity index (χ1n) is 12.4. The number of rotatable bonds is 11. The molecule has 0 aliphatic rings. The lowest BCUT2D eigenvalue weighted by Crippen LogP contribution is -2.52. The highest BCUT2D eigenvalue weighted by atomic mass is 32.2. The van der Waals surface area contributed by atoms with Gasteiger partial charge in [0.2, 0.25) is 11.8 Å². The topological polar surface area (TPSA) is 130 Å². The number of benzene rings is 3. The van der Waals surface area contributed by atoms with Crippen molar-refractivity contribution in [2.75, 3.05) is 10.8 Å². The number of hydrogen-bond acceptors (Lipinski definition) is 6. The van der Waals surface area contributed by atoms with E-state index in [1.165, 1.54) is 41.3 Å². The smallest absolute Gasteiger partial charge is 0.269 e. The van der Waals surface area contributed by atoms with Crippen molar-refractivity contribution in [3.05, 3.63) is 100 Å². The molecule has 1 atom stereocenters. The summed E-state index contributed by atoms with van der Waals surface area (Å²) in [6, 6.07) is 18.9. The molecule has 0 aliphatic heterocycles. The zero-order valence-electron chi connectivity index (χ0n) is 22.3. The second-order valence-corrected chi connectivity index (χ2v) is 11.3. The monoisotopic (exact) mass is 552 g/mol. The van der Waals surface area contributed by atoms with E-state index < -0.39 is 33.4 Å². The van der Waals surface area contributed by atoms with Gasteiger partial charge in [-0.05, 0) is 57.5 Å². The predicted octanol–water partition coefficient (Wildman–Crippen LogP) is 4.04. The van der Waals surface area contributed by atoms with Gasteiger partial charge in [-0.2, -0.15) is 0 Å². The van der Waals surface area contributed by atoms with E-state index in [0.717, 1.165) is 15.4 Å². The highest BCUT2D eigenvalue weighted by Crippen LogP contribution is 2.26. The van der Waals surface area contributed by atoms with Crippen LogP contribution in [0.15, 0.2) is 83.8 Å². The minimum absolute atomic E-state index is 0.0492. The molecule has 10 nitrogen and oxygen atoms in total. The fraction of sp³-hybridized carbons (Fsp3) is 0.286. The molecular weight excluding hydrogens is 520 g/mol. The Kier molecular flexibility index (Phi) is 9.42. The van der Waals surface area contributed by atoms with E-state index in [1.54, 1.807) is 39.0 Å². The van der Waals surface area contributed by atoms with Crippen LogP contribution in [0, 0.1) is 17.0 Å². The summed E-state index contributed by atoms with van der Waals surface area (Å²) < 4.78 is 28.3. The van der Waals surface area contributed by atoms with Crippen LogP contribution in [0.2, 0.25) is 0 Å².